The van der Waals surface area contributed by atoms with Gasteiger partial charge in [0.2, 0.25) is 0 Å². The Bertz CT molecular complexity index is 499. The molecule has 1 aliphatic carbocycles. The maximum atomic E-state index is 10.9. The summed E-state index contributed by atoms with van der Waals surface area (Å²) in [6.45, 7) is 8.47. The van der Waals surface area contributed by atoms with Gasteiger partial charge in [-0.15, -0.1) is 0 Å². The van der Waals surface area contributed by atoms with E-state index in [9.17, 15) is 5.11 Å². The molecule has 4 nitrogen and oxygen atoms in total. The third kappa shape index (κ3) is 3.97. The summed E-state index contributed by atoms with van der Waals surface area (Å²) in [5.41, 5.74) is 1.46. The smallest absolute Gasteiger partial charge is 0.191 e. The van der Waals surface area contributed by atoms with E-state index in [0.717, 1.165) is 37.5 Å². The van der Waals surface area contributed by atoms with E-state index < -0.39 is 5.60 Å². The molecule has 0 saturated heterocycles. The number of aliphatic imine (C=N–C) groups is 1. The zero-order chi connectivity index (χ0) is 15.3. The first-order chi connectivity index (χ1) is 10.0. The van der Waals surface area contributed by atoms with Crippen LogP contribution in [-0.4, -0.2) is 30.7 Å². The summed E-state index contributed by atoms with van der Waals surface area (Å²) in [6.07, 6.45) is 1.68. The van der Waals surface area contributed by atoms with Crippen LogP contribution in [-0.2, 0) is 12.0 Å². The fourth-order valence-corrected chi connectivity index (χ4v) is 2.69. The topological polar surface area (TPSA) is 56.7 Å². The van der Waals surface area contributed by atoms with Crippen LogP contribution in [0.1, 0.15) is 38.3 Å². The van der Waals surface area contributed by atoms with Crippen LogP contribution in [0.2, 0.25) is 0 Å². The van der Waals surface area contributed by atoms with Crippen LogP contribution in [0.15, 0.2) is 29.3 Å². The number of guanidine groups is 1. The van der Waals surface area contributed by atoms with E-state index in [0.29, 0.717) is 12.5 Å². The van der Waals surface area contributed by atoms with Gasteiger partial charge >= 0.3 is 0 Å². The molecule has 1 aliphatic rings. The van der Waals surface area contributed by atoms with Crippen molar-refractivity contribution in [3.05, 3.63) is 35.4 Å². The van der Waals surface area contributed by atoms with Gasteiger partial charge in [0.05, 0.1) is 6.54 Å². The number of hydrogen-bond acceptors (Lipinski definition) is 2. The lowest BCUT2D eigenvalue weighted by atomic mass is 9.96. The predicted molar refractivity (Wildman–Crippen MR) is 87.5 cm³/mol. The molecule has 4 heteroatoms. The number of fused-ring (bicyclic) bond motifs is 1. The quantitative estimate of drug-likeness (QED) is 0.574. The van der Waals surface area contributed by atoms with Crippen LogP contribution in [0.5, 0.6) is 0 Å². The molecule has 21 heavy (non-hydrogen) atoms. The summed E-state index contributed by atoms with van der Waals surface area (Å²) in [5, 5.41) is 17.4. The molecule has 0 spiro atoms. The van der Waals surface area contributed by atoms with Crippen molar-refractivity contribution in [2.75, 3.05) is 19.6 Å². The Morgan fingerprint density at radius 2 is 2.10 bits per heavy atom. The molecule has 0 aromatic heterocycles. The predicted octanol–water partition coefficient (Wildman–Crippen LogP) is 2.03. The highest BCUT2D eigenvalue weighted by atomic mass is 16.3. The second-order valence-corrected chi connectivity index (χ2v) is 6.16. The highest BCUT2D eigenvalue weighted by Gasteiger charge is 2.36. The van der Waals surface area contributed by atoms with E-state index in [1.54, 1.807) is 0 Å². The third-order valence-electron chi connectivity index (χ3n) is 3.85. The van der Waals surface area contributed by atoms with Crippen molar-refractivity contribution in [1.82, 2.24) is 10.6 Å². The van der Waals surface area contributed by atoms with Gasteiger partial charge in [-0.3, -0.25) is 0 Å². The van der Waals surface area contributed by atoms with Crippen molar-refractivity contribution in [1.29, 1.82) is 0 Å². The zero-order valence-corrected chi connectivity index (χ0v) is 13.3. The van der Waals surface area contributed by atoms with Gasteiger partial charge < -0.3 is 15.7 Å². The number of nitrogens with zero attached hydrogens (tertiary/aromatic N) is 1. The molecular weight excluding hydrogens is 262 g/mol. The van der Waals surface area contributed by atoms with Crippen LogP contribution in [0.4, 0.5) is 0 Å². The van der Waals surface area contributed by atoms with Crippen LogP contribution >= 0.6 is 0 Å². The minimum Gasteiger partial charge on any atom is -0.383 e. The van der Waals surface area contributed by atoms with Crippen LogP contribution in [0.25, 0.3) is 0 Å². The van der Waals surface area contributed by atoms with Crippen molar-refractivity contribution in [3.8, 4) is 0 Å². The van der Waals surface area contributed by atoms with E-state index in [1.807, 2.05) is 25.1 Å². The second kappa shape index (κ2) is 6.94. The fourth-order valence-electron chi connectivity index (χ4n) is 2.69. The first-order valence-electron chi connectivity index (χ1n) is 7.88. The standard InChI is InChI=1S/C17H27N3O/c1-4-18-16(19-11-13(2)3)20-12-17(21)10-9-14-7-5-6-8-15(14)17/h5-8,13,21H,4,9-12H2,1-3H3,(H2,18,19,20). The minimum absolute atomic E-state index is 0.400. The highest BCUT2D eigenvalue weighted by molar-refractivity contribution is 5.79. The molecule has 0 radical (unpaired) electrons. The molecule has 0 amide bonds. The first-order valence-corrected chi connectivity index (χ1v) is 7.88. The van der Waals surface area contributed by atoms with Gasteiger partial charge in [-0.05, 0) is 36.8 Å². The van der Waals surface area contributed by atoms with Gasteiger partial charge in [0.15, 0.2) is 5.96 Å². The fraction of sp³-hybridized carbons (Fsp3) is 0.588. The molecular formula is C17H27N3O. The molecule has 3 N–H and O–H groups in total. The molecule has 0 heterocycles. The van der Waals surface area contributed by atoms with Gasteiger partial charge in [0.25, 0.3) is 0 Å². The Labute approximate surface area is 127 Å². The van der Waals surface area contributed by atoms with E-state index in [4.69, 9.17) is 0 Å². The van der Waals surface area contributed by atoms with Crippen molar-refractivity contribution >= 4 is 5.96 Å². The van der Waals surface area contributed by atoms with Crippen molar-refractivity contribution < 1.29 is 5.11 Å². The zero-order valence-electron chi connectivity index (χ0n) is 13.3. The van der Waals surface area contributed by atoms with Crippen molar-refractivity contribution in [3.63, 3.8) is 0 Å². The minimum atomic E-state index is -0.823. The lowest BCUT2D eigenvalue weighted by Crippen LogP contribution is -2.40. The lowest BCUT2D eigenvalue weighted by Gasteiger charge is -2.23. The largest absolute Gasteiger partial charge is 0.383 e. The molecule has 0 aliphatic heterocycles. The molecule has 1 aromatic carbocycles. The summed E-state index contributed by atoms with van der Waals surface area (Å²) in [6, 6.07) is 8.13. The van der Waals surface area contributed by atoms with E-state index >= 15 is 0 Å². The summed E-state index contributed by atoms with van der Waals surface area (Å²) in [4.78, 5) is 4.58. The number of aryl methyl sites for hydroxylation is 1. The SMILES string of the molecule is CCNC(=NCC1(O)CCc2ccccc21)NCC(C)C. The summed E-state index contributed by atoms with van der Waals surface area (Å²) >= 11 is 0. The van der Waals surface area contributed by atoms with Crippen LogP contribution in [0, 0.1) is 5.92 Å². The van der Waals surface area contributed by atoms with Gasteiger partial charge in [0, 0.05) is 13.1 Å². The normalized spacial score (nSPS) is 21.5. The van der Waals surface area contributed by atoms with Crippen molar-refractivity contribution in [2.45, 2.75) is 39.2 Å². The van der Waals surface area contributed by atoms with Gasteiger partial charge in [-0.1, -0.05) is 38.1 Å². The van der Waals surface area contributed by atoms with E-state index in [2.05, 4.69) is 35.5 Å². The Morgan fingerprint density at radius 3 is 2.81 bits per heavy atom. The molecule has 1 aromatic rings. The Hall–Kier alpha value is -1.55. The number of aliphatic hydroxyl groups is 1. The average molecular weight is 289 g/mol. The Morgan fingerprint density at radius 1 is 1.33 bits per heavy atom. The van der Waals surface area contributed by atoms with E-state index in [-0.39, 0.29) is 0 Å². The third-order valence-corrected chi connectivity index (χ3v) is 3.85. The maximum absolute atomic E-state index is 10.9. The monoisotopic (exact) mass is 289 g/mol. The highest BCUT2D eigenvalue weighted by Crippen LogP contribution is 2.36. The molecule has 0 saturated carbocycles. The summed E-state index contributed by atoms with van der Waals surface area (Å²) in [5.74, 6) is 1.34. The number of rotatable bonds is 5. The van der Waals surface area contributed by atoms with Gasteiger partial charge in [-0.25, -0.2) is 4.99 Å². The Balaban J connectivity index is 2.07. The second-order valence-electron chi connectivity index (χ2n) is 6.16. The molecule has 1 atom stereocenters. The first kappa shape index (κ1) is 15.8. The molecule has 0 fully saturated rings. The van der Waals surface area contributed by atoms with E-state index in [1.165, 1.54) is 5.56 Å². The summed E-state index contributed by atoms with van der Waals surface area (Å²) in [7, 11) is 0. The van der Waals surface area contributed by atoms with Crippen LogP contribution in [0.3, 0.4) is 0 Å². The molecule has 2 rings (SSSR count). The molecule has 0 bridgehead atoms. The van der Waals surface area contributed by atoms with Gasteiger partial charge in [0.1, 0.15) is 5.60 Å². The number of benzene rings is 1. The average Bonchev–Trinajstić information content (AvgIpc) is 2.80. The van der Waals surface area contributed by atoms with Gasteiger partial charge in [-0.2, -0.15) is 0 Å². The number of hydrogen-bond donors (Lipinski definition) is 3. The van der Waals surface area contributed by atoms with Crippen molar-refractivity contribution in [2.24, 2.45) is 10.9 Å². The maximum Gasteiger partial charge on any atom is 0.191 e. The molecule has 116 valence electrons. The number of nitrogens with one attached hydrogen (secondary N) is 2. The van der Waals surface area contributed by atoms with Crippen LogP contribution < -0.4 is 10.6 Å². The molecule has 1 unspecified atom stereocenters. The lowest BCUT2D eigenvalue weighted by molar-refractivity contribution is 0.0485. The summed E-state index contributed by atoms with van der Waals surface area (Å²) < 4.78 is 0. The Kier molecular flexibility index (Phi) is 5.23.